The number of amides is 2. The van der Waals surface area contributed by atoms with Crippen LogP contribution in [0.5, 0.6) is 0 Å². The monoisotopic (exact) mass is 324 g/mol. The number of carbonyl (C=O) groups is 2. The number of carbonyl (C=O) groups excluding carboxylic acids is 2. The van der Waals surface area contributed by atoms with E-state index in [1.165, 1.54) is 0 Å². The second-order valence-electron chi connectivity index (χ2n) is 5.50. The van der Waals surface area contributed by atoms with Crippen LogP contribution in [0.1, 0.15) is 46.1 Å². The first-order chi connectivity index (χ1) is 10.4. The van der Waals surface area contributed by atoms with Crippen LogP contribution < -0.4 is 5.32 Å². The van der Waals surface area contributed by atoms with E-state index in [0.29, 0.717) is 18.0 Å². The van der Waals surface area contributed by atoms with Gasteiger partial charge in [0.1, 0.15) is 6.04 Å². The Morgan fingerprint density at radius 2 is 1.95 bits per heavy atom. The first-order valence-corrected chi connectivity index (χ1v) is 8.11. The summed E-state index contributed by atoms with van der Waals surface area (Å²) in [5.74, 6) is -0.176. The Kier molecular flexibility index (Phi) is 7.39. The predicted molar refractivity (Wildman–Crippen MR) is 89.7 cm³/mol. The highest BCUT2D eigenvalue weighted by Crippen LogP contribution is 2.15. The molecule has 2 amide bonds. The van der Waals surface area contributed by atoms with E-state index >= 15 is 0 Å². The number of nitrogens with one attached hydrogen (secondary N) is 1. The summed E-state index contributed by atoms with van der Waals surface area (Å²) >= 11 is 5.99. The molecule has 1 rings (SSSR count). The molecule has 0 bridgehead atoms. The van der Waals surface area contributed by atoms with Crippen molar-refractivity contribution in [2.24, 2.45) is 0 Å². The first-order valence-electron chi connectivity index (χ1n) is 7.73. The molecular weight excluding hydrogens is 300 g/mol. The van der Waals surface area contributed by atoms with Crippen molar-refractivity contribution < 1.29 is 9.59 Å². The minimum absolute atomic E-state index is 0.0493. The molecule has 5 heteroatoms. The molecule has 0 heterocycles. The van der Waals surface area contributed by atoms with Crippen LogP contribution in [0.25, 0.3) is 0 Å². The maximum atomic E-state index is 12.3. The molecule has 0 aliphatic rings. The van der Waals surface area contributed by atoms with Crippen LogP contribution in [0.15, 0.2) is 24.3 Å². The fourth-order valence-electron chi connectivity index (χ4n) is 2.08. The number of hydrogen-bond acceptors (Lipinski definition) is 2. The lowest BCUT2D eigenvalue weighted by Crippen LogP contribution is -2.49. The molecule has 1 N–H and O–H groups in total. The van der Waals surface area contributed by atoms with Crippen LogP contribution in [0.4, 0.5) is 0 Å². The smallest absolute Gasteiger partial charge is 0.242 e. The van der Waals surface area contributed by atoms with Gasteiger partial charge >= 0.3 is 0 Å². The Balaban J connectivity index is 2.88. The molecule has 0 spiro atoms. The summed E-state index contributed by atoms with van der Waals surface area (Å²) in [5, 5.41) is 3.55. The largest absolute Gasteiger partial charge is 0.352 e. The van der Waals surface area contributed by atoms with Gasteiger partial charge in [-0.1, -0.05) is 37.6 Å². The highest BCUT2D eigenvalue weighted by atomic mass is 35.5. The Hall–Kier alpha value is -1.55. The Labute approximate surface area is 137 Å². The molecule has 0 aliphatic heterocycles. The Morgan fingerprint density at radius 1 is 1.27 bits per heavy atom. The summed E-state index contributed by atoms with van der Waals surface area (Å²) in [7, 11) is 0. The first kappa shape index (κ1) is 18.5. The average molecular weight is 325 g/mol. The fourth-order valence-corrected chi connectivity index (χ4v) is 2.30. The number of hydrogen-bond donors (Lipinski definition) is 1. The van der Waals surface area contributed by atoms with Gasteiger partial charge in [0, 0.05) is 24.0 Å². The van der Waals surface area contributed by atoms with Crippen LogP contribution in [-0.2, 0) is 16.1 Å². The van der Waals surface area contributed by atoms with E-state index in [2.05, 4.69) is 5.32 Å². The van der Waals surface area contributed by atoms with Gasteiger partial charge in [0.15, 0.2) is 0 Å². The van der Waals surface area contributed by atoms with Crippen LogP contribution in [0, 0.1) is 0 Å². The molecule has 0 aromatic heterocycles. The van der Waals surface area contributed by atoms with E-state index in [0.717, 1.165) is 12.0 Å². The fraction of sp³-hybridized carbons (Fsp3) is 0.529. The van der Waals surface area contributed by atoms with Crippen LogP contribution in [0.2, 0.25) is 5.02 Å². The highest BCUT2D eigenvalue weighted by Gasteiger charge is 2.25. The zero-order valence-corrected chi connectivity index (χ0v) is 14.5. The number of halogens is 1. The van der Waals surface area contributed by atoms with Gasteiger partial charge in [-0.25, -0.2) is 0 Å². The topological polar surface area (TPSA) is 49.4 Å². The van der Waals surface area contributed by atoms with Crippen LogP contribution in [-0.4, -0.2) is 28.8 Å². The van der Waals surface area contributed by atoms with Crippen molar-refractivity contribution >= 4 is 23.4 Å². The van der Waals surface area contributed by atoms with Gasteiger partial charge < -0.3 is 10.2 Å². The lowest BCUT2D eigenvalue weighted by molar-refractivity contribution is -0.140. The van der Waals surface area contributed by atoms with E-state index in [1.807, 2.05) is 32.0 Å². The van der Waals surface area contributed by atoms with E-state index in [-0.39, 0.29) is 17.9 Å². The van der Waals surface area contributed by atoms with Gasteiger partial charge in [-0.15, -0.1) is 0 Å². The second-order valence-corrected chi connectivity index (χ2v) is 5.94. The van der Waals surface area contributed by atoms with Crippen LogP contribution in [0.3, 0.4) is 0 Å². The van der Waals surface area contributed by atoms with Crippen molar-refractivity contribution in [1.29, 1.82) is 0 Å². The molecular formula is C17H25ClN2O2. The molecule has 0 saturated heterocycles. The van der Waals surface area contributed by atoms with E-state index in [1.54, 1.807) is 24.8 Å². The molecule has 0 aliphatic carbocycles. The van der Waals surface area contributed by atoms with Crippen molar-refractivity contribution in [3.63, 3.8) is 0 Å². The SMILES string of the molecule is CCC(=O)N(Cc1cccc(Cl)c1)[C@@H](C)C(=O)N[C@H](C)CC. The summed E-state index contributed by atoms with van der Waals surface area (Å²) in [6.07, 6.45) is 1.22. The summed E-state index contributed by atoms with van der Waals surface area (Å²) in [4.78, 5) is 26.1. The predicted octanol–water partition coefficient (Wildman–Crippen LogP) is 3.38. The maximum absolute atomic E-state index is 12.3. The third-order valence-corrected chi connectivity index (χ3v) is 3.95. The lowest BCUT2D eigenvalue weighted by Gasteiger charge is -2.29. The third-order valence-electron chi connectivity index (χ3n) is 3.71. The summed E-state index contributed by atoms with van der Waals surface area (Å²) in [6.45, 7) is 7.90. The van der Waals surface area contributed by atoms with E-state index in [4.69, 9.17) is 11.6 Å². The van der Waals surface area contributed by atoms with Crippen molar-refractivity contribution in [3.8, 4) is 0 Å². The van der Waals surface area contributed by atoms with Crippen LogP contribution >= 0.6 is 11.6 Å². The third kappa shape index (κ3) is 5.34. The van der Waals surface area contributed by atoms with E-state index < -0.39 is 6.04 Å². The van der Waals surface area contributed by atoms with Gasteiger partial charge in [-0.05, 0) is 38.0 Å². The van der Waals surface area contributed by atoms with Crippen molar-refractivity contribution in [3.05, 3.63) is 34.9 Å². The van der Waals surface area contributed by atoms with Crippen molar-refractivity contribution in [2.75, 3.05) is 0 Å². The second kappa shape index (κ2) is 8.79. The lowest BCUT2D eigenvalue weighted by atomic mass is 10.1. The normalized spacial score (nSPS) is 13.3. The molecule has 2 atom stereocenters. The molecule has 4 nitrogen and oxygen atoms in total. The average Bonchev–Trinajstić information content (AvgIpc) is 2.51. The molecule has 1 aromatic carbocycles. The molecule has 22 heavy (non-hydrogen) atoms. The van der Waals surface area contributed by atoms with Gasteiger partial charge in [0.2, 0.25) is 11.8 Å². The van der Waals surface area contributed by atoms with Crippen molar-refractivity contribution in [1.82, 2.24) is 10.2 Å². The minimum atomic E-state index is -0.513. The Bertz CT molecular complexity index is 519. The standard InChI is InChI=1S/C17H25ClN2O2/c1-5-12(3)19-17(22)13(4)20(16(21)6-2)11-14-8-7-9-15(18)10-14/h7-10,12-13H,5-6,11H2,1-4H3,(H,19,22)/t12-,13+/m1/s1. The number of rotatable bonds is 7. The number of nitrogens with zero attached hydrogens (tertiary/aromatic N) is 1. The summed E-state index contributed by atoms with van der Waals surface area (Å²) in [5.41, 5.74) is 0.914. The molecule has 122 valence electrons. The van der Waals surface area contributed by atoms with Gasteiger partial charge in [0.05, 0.1) is 0 Å². The molecule has 1 aromatic rings. The van der Waals surface area contributed by atoms with Crippen molar-refractivity contribution in [2.45, 2.75) is 59.2 Å². The molecule has 0 fully saturated rings. The molecule has 0 radical (unpaired) electrons. The highest BCUT2D eigenvalue weighted by molar-refractivity contribution is 6.30. The Morgan fingerprint density at radius 3 is 2.50 bits per heavy atom. The zero-order chi connectivity index (χ0) is 16.7. The van der Waals surface area contributed by atoms with Gasteiger partial charge in [-0.3, -0.25) is 9.59 Å². The quantitative estimate of drug-likeness (QED) is 0.836. The number of benzene rings is 1. The zero-order valence-electron chi connectivity index (χ0n) is 13.7. The molecule has 0 saturated carbocycles. The maximum Gasteiger partial charge on any atom is 0.242 e. The molecule has 0 unspecified atom stereocenters. The van der Waals surface area contributed by atoms with Gasteiger partial charge in [0.25, 0.3) is 0 Å². The minimum Gasteiger partial charge on any atom is -0.352 e. The van der Waals surface area contributed by atoms with E-state index in [9.17, 15) is 9.59 Å². The van der Waals surface area contributed by atoms with Gasteiger partial charge in [-0.2, -0.15) is 0 Å². The summed E-state index contributed by atoms with van der Waals surface area (Å²) < 4.78 is 0. The summed E-state index contributed by atoms with van der Waals surface area (Å²) in [6, 6.07) is 6.93.